The third kappa shape index (κ3) is 4.94. The molecule has 7 nitrogen and oxygen atoms in total. The number of amides is 2. The van der Waals surface area contributed by atoms with Gasteiger partial charge in [0.25, 0.3) is 0 Å². The molecule has 1 aliphatic heterocycles. The zero-order valence-corrected chi connectivity index (χ0v) is 14.4. The zero-order valence-electron chi connectivity index (χ0n) is 12.8. The smallest absolute Gasteiger partial charge is 0.238 e. The molecule has 1 unspecified atom stereocenters. The van der Waals surface area contributed by atoms with Crippen molar-refractivity contribution in [2.75, 3.05) is 5.32 Å². The van der Waals surface area contributed by atoms with E-state index in [0.717, 1.165) is 11.8 Å². The predicted molar refractivity (Wildman–Crippen MR) is 98.0 cm³/mol. The molecule has 1 aliphatic rings. The van der Waals surface area contributed by atoms with Gasteiger partial charge < -0.3 is 15.1 Å². The van der Waals surface area contributed by atoms with Crippen LogP contribution in [0.4, 0.5) is 5.69 Å². The molecule has 1 fully saturated rings. The highest BCUT2D eigenvalue weighted by Crippen LogP contribution is 2.23. The number of hydrogen-bond acceptors (Lipinski definition) is 6. The summed E-state index contributed by atoms with van der Waals surface area (Å²) in [7, 11) is 0. The Balaban J connectivity index is 1.64. The summed E-state index contributed by atoms with van der Waals surface area (Å²) in [5.74, 6) is -0.0413. The number of furan rings is 1. The lowest BCUT2D eigenvalue weighted by Gasteiger charge is -2.21. The van der Waals surface area contributed by atoms with Gasteiger partial charge in [0, 0.05) is 17.1 Å². The average molecular weight is 377 g/mol. The minimum absolute atomic E-state index is 0.0605. The van der Waals surface area contributed by atoms with Crippen LogP contribution < -0.4 is 10.6 Å². The molecule has 2 N–H and O–H groups in total. The van der Waals surface area contributed by atoms with Gasteiger partial charge in [-0.25, -0.2) is 0 Å². The van der Waals surface area contributed by atoms with Gasteiger partial charge in [0.2, 0.25) is 11.8 Å². The van der Waals surface area contributed by atoms with Crippen molar-refractivity contribution in [1.29, 1.82) is 0 Å². The topological polar surface area (TPSA) is 96.1 Å². The van der Waals surface area contributed by atoms with Crippen molar-refractivity contribution in [2.45, 2.75) is 11.7 Å². The molecule has 3 rings (SSSR count). The maximum absolute atomic E-state index is 12.4. The number of anilines is 1. The summed E-state index contributed by atoms with van der Waals surface area (Å²) in [6, 6.07) is 10.2. The minimum Gasteiger partial charge on any atom is -0.463 e. The number of amidine groups is 1. The Morgan fingerprint density at radius 1 is 1.36 bits per heavy atom. The summed E-state index contributed by atoms with van der Waals surface area (Å²) in [6.07, 6.45) is 2.99. The van der Waals surface area contributed by atoms with E-state index in [1.54, 1.807) is 36.4 Å². The van der Waals surface area contributed by atoms with Gasteiger partial charge in [-0.15, -0.1) is 5.10 Å². The van der Waals surface area contributed by atoms with Gasteiger partial charge >= 0.3 is 0 Å². The van der Waals surface area contributed by atoms with Gasteiger partial charge in [-0.2, -0.15) is 5.10 Å². The lowest BCUT2D eigenvalue weighted by atomic mass is 10.2. The lowest BCUT2D eigenvalue weighted by molar-refractivity contribution is -0.123. The van der Waals surface area contributed by atoms with E-state index in [-0.39, 0.29) is 23.4 Å². The standard InChI is InChI=1S/C16H13ClN4O3S/c17-10-3-5-11(6-4-10)19-15(23)13-8-14(22)20-16(25-13)21-18-9-12-2-1-7-24-12/h1-7,9,13H,8H2,(H,19,23)(H,20,21,22)/b18-9-. The molecular formula is C16H13ClN4O3S. The van der Waals surface area contributed by atoms with Crippen molar-refractivity contribution in [3.05, 3.63) is 53.4 Å². The van der Waals surface area contributed by atoms with Crippen LogP contribution >= 0.6 is 23.4 Å². The fourth-order valence-electron chi connectivity index (χ4n) is 2.00. The van der Waals surface area contributed by atoms with Crippen LogP contribution in [-0.2, 0) is 9.59 Å². The predicted octanol–water partition coefficient (Wildman–Crippen LogP) is 2.88. The number of carbonyl (C=O) groups is 2. The van der Waals surface area contributed by atoms with Gasteiger partial charge in [0.15, 0.2) is 5.17 Å². The molecule has 0 spiro atoms. The maximum atomic E-state index is 12.4. The summed E-state index contributed by atoms with van der Waals surface area (Å²) in [5.41, 5.74) is 0.607. The van der Waals surface area contributed by atoms with Crippen molar-refractivity contribution in [3.63, 3.8) is 0 Å². The number of thioether (sulfide) groups is 1. The maximum Gasteiger partial charge on any atom is 0.238 e. The number of nitrogens with one attached hydrogen (secondary N) is 2. The Labute approximate surface area is 152 Å². The molecule has 1 aromatic carbocycles. The van der Waals surface area contributed by atoms with Gasteiger partial charge in [-0.1, -0.05) is 23.4 Å². The molecule has 2 aromatic rings. The zero-order chi connectivity index (χ0) is 17.6. The summed E-state index contributed by atoms with van der Waals surface area (Å²) in [6.45, 7) is 0. The van der Waals surface area contributed by atoms with Crippen molar-refractivity contribution in [2.24, 2.45) is 10.2 Å². The van der Waals surface area contributed by atoms with Crippen LogP contribution in [-0.4, -0.2) is 28.4 Å². The van der Waals surface area contributed by atoms with Gasteiger partial charge in [-0.05, 0) is 36.4 Å². The number of benzene rings is 1. The van der Waals surface area contributed by atoms with Crippen molar-refractivity contribution >= 4 is 52.2 Å². The first-order valence-electron chi connectivity index (χ1n) is 7.27. The van der Waals surface area contributed by atoms with Crippen LogP contribution in [0.1, 0.15) is 12.2 Å². The van der Waals surface area contributed by atoms with Gasteiger partial charge in [-0.3, -0.25) is 9.59 Å². The van der Waals surface area contributed by atoms with E-state index in [9.17, 15) is 9.59 Å². The van der Waals surface area contributed by atoms with Gasteiger partial charge in [0.1, 0.15) is 11.0 Å². The molecule has 9 heteroatoms. The van der Waals surface area contributed by atoms with Crippen LogP contribution in [0.2, 0.25) is 5.02 Å². The summed E-state index contributed by atoms with van der Waals surface area (Å²) < 4.78 is 5.09. The molecule has 0 aliphatic carbocycles. The third-order valence-corrected chi connectivity index (χ3v) is 4.48. The third-order valence-electron chi connectivity index (χ3n) is 3.15. The highest BCUT2D eigenvalue weighted by molar-refractivity contribution is 8.15. The Hall–Kier alpha value is -2.58. The average Bonchev–Trinajstić information content (AvgIpc) is 3.10. The fraction of sp³-hybridized carbons (Fsp3) is 0.125. The van der Waals surface area contributed by atoms with E-state index in [2.05, 4.69) is 20.8 Å². The van der Waals surface area contributed by atoms with E-state index >= 15 is 0 Å². The first kappa shape index (κ1) is 17.2. The second-order valence-corrected chi connectivity index (χ2v) is 6.65. The van der Waals surface area contributed by atoms with Crippen LogP contribution in [0, 0.1) is 0 Å². The molecular weight excluding hydrogens is 364 g/mol. The normalized spacial score (nSPS) is 19.2. The molecule has 128 valence electrons. The van der Waals surface area contributed by atoms with Crippen LogP contribution in [0.3, 0.4) is 0 Å². The number of rotatable bonds is 4. The SMILES string of the molecule is O=C1CC(C(=O)Nc2ccc(Cl)cc2)S/C(=N\N=C/c2ccco2)N1. The highest BCUT2D eigenvalue weighted by Gasteiger charge is 2.30. The van der Waals surface area contributed by atoms with Gasteiger partial charge in [0.05, 0.1) is 12.5 Å². The number of halogens is 1. The Kier molecular flexibility index (Phi) is 5.52. The van der Waals surface area contributed by atoms with Crippen molar-refractivity contribution in [1.82, 2.24) is 5.32 Å². The van der Waals surface area contributed by atoms with Crippen molar-refractivity contribution in [3.8, 4) is 0 Å². The summed E-state index contributed by atoms with van der Waals surface area (Å²) >= 11 is 6.95. The van der Waals surface area contributed by atoms with E-state index in [0.29, 0.717) is 16.5 Å². The van der Waals surface area contributed by atoms with E-state index < -0.39 is 5.25 Å². The molecule has 0 bridgehead atoms. The second kappa shape index (κ2) is 8.00. The Bertz CT molecular complexity index is 818. The van der Waals surface area contributed by atoms with E-state index in [1.807, 2.05) is 0 Å². The molecule has 2 amide bonds. The fourth-order valence-corrected chi connectivity index (χ4v) is 3.06. The molecule has 25 heavy (non-hydrogen) atoms. The number of carbonyl (C=O) groups excluding carboxylic acids is 2. The van der Waals surface area contributed by atoms with Crippen LogP contribution in [0.5, 0.6) is 0 Å². The Morgan fingerprint density at radius 3 is 2.88 bits per heavy atom. The second-order valence-electron chi connectivity index (χ2n) is 5.02. The lowest BCUT2D eigenvalue weighted by Crippen LogP contribution is -2.41. The summed E-state index contributed by atoms with van der Waals surface area (Å²) in [4.78, 5) is 24.2. The van der Waals surface area contributed by atoms with Crippen molar-refractivity contribution < 1.29 is 14.0 Å². The molecule has 1 saturated heterocycles. The number of hydrogen-bond donors (Lipinski definition) is 2. The highest BCUT2D eigenvalue weighted by atomic mass is 35.5. The first-order valence-corrected chi connectivity index (χ1v) is 8.53. The van der Waals surface area contributed by atoms with Crippen LogP contribution in [0.15, 0.2) is 57.3 Å². The quantitative estimate of drug-likeness (QED) is 0.633. The minimum atomic E-state index is -0.595. The molecule has 0 saturated carbocycles. The summed E-state index contributed by atoms with van der Waals surface area (Å²) in [5, 5.41) is 13.3. The van der Waals surface area contributed by atoms with E-state index in [4.69, 9.17) is 16.0 Å². The monoisotopic (exact) mass is 376 g/mol. The Morgan fingerprint density at radius 2 is 2.16 bits per heavy atom. The van der Waals surface area contributed by atoms with Crippen LogP contribution in [0.25, 0.3) is 0 Å². The first-order chi connectivity index (χ1) is 12.1. The molecule has 1 aromatic heterocycles. The number of nitrogens with zero attached hydrogens (tertiary/aromatic N) is 2. The largest absolute Gasteiger partial charge is 0.463 e. The molecule has 2 heterocycles. The molecule has 0 radical (unpaired) electrons. The molecule has 1 atom stereocenters. The van der Waals surface area contributed by atoms with E-state index in [1.165, 1.54) is 12.5 Å².